The first kappa shape index (κ1) is 15.6. The van der Waals surface area contributed by atoms with Gasteiger partial charge in [0.2, 0.25) is 0 Å². The van der Waals surface area contributed by atoms with E-state index in [0.717, 1.165) is 13.1 Å². The van der Waals surface area contributed by atoms with Gasteiger partial charge in [0.15, 0.2) is 0 Å². The number of nitrogens with two attached hydrogens (primary N) is 1. The van der Waals surface area contributed by atoms with E-state index in [2.05, 4.69) is 80.3 Å². The molecule has 1 atom stereocenters. The second-order valence-electron chi connectivity index (χ2n) is 5.98. The van der Waals surface area contributed by atoms with Crippen LogP contribution in [-0.2, 0) is 5.41 Å². The molecule has 0 aliphatic heterocycles. The zero-order valence-corrected chi connectivity index (χ0v) is 13.3. The molecule has 0 aromatic heterocycles. The van der Waals surface area contributed by atoms with E-state index in [4.69, 9.17) is 5.73 Å². The summed E-state index contributed by atoms with van der Waals surface area (Å²) in [7, 11) is 0. The number of nitrogens with zero attached hydrogens (tertiary/aromatic N) is 1. The van der Waals surface area contributed by atoms with Crippen LogP contribution in [0.1, 0.15) is 25.0 Å². The molecule has 0 aliphatic carbocycles. The molecule has 0 spiro atoms. The number of anilines is 1. The van der Waals surface area contributed by atoms with E-state index in [1.807, 2.05) is 0 Å². The lowest BCUT2D eigenvalue weighted by molar-refractivity contribution is 0.477. The van der Waals surface area contributed by atoms with E-state index < -0.39 is 0 Å². The van der Waals surface area contributed by atoms with Crippen LogP contribution in [0, 0.1) is 6.92 Å². The normalized spacial score (nSPS) is 13.7. The first-order valence-corrected chi connectivity index (χ1v) is 7.66. The molecule has 0 heterocycles. The average Bonchev–Trinajstić information content (AvgIpc) is 2.54. The zero-order chi connectivity index (χ0) is 15.3. The molecule has 1 unspecified atom stereocenters. The number of aryl methyl sites for hydroxylation is 1. The Kier molecular flexibility index (Phi) is 5.03. The summed E-state index contributed by atoms with van der Waals surface area (Å²) in [6, 6.07) is 19.3. The minimum Gasteiger partial charge on any atom is -0.371 e. The molecule has 21 heavy (non-hydrogen) atoms. The highest BCUT2D eigenvalue weighted by atomic mass is 15.1. The molecule has 2 aromatic carbocycles. The highest BCUT2D eigenvalue weighted by Gasteiger charge is 2.27. The van der Waals surface area contributed by atoms with Crippen molar-refractivity contribution < 1.29 is 0 Å². The van der Waals surface area contributed by atoms with Crippen molar-refractivity contribution >= 4 is 5.69 Å². The molecule has 2 nitrogen and oxygen atoms in total. The van der Waals surface area contributed by atoms with Gasteiger partial charge in [-0.2, -0.15) is 0 Å². The molecule has 2 rings (SSSR count). The Morgan fingerprint density at radius 3 is 2.14 bits per heavy atom. The maximum atomic E-state index is 6.12. The highest BCUT2D eigenvalue weighted by Crippen LogP contribution is 2.26. The number of benzene rings is 2. The number of likely N-dealkylation sites (N-methyl/N-ethyl adjacent to an activating group) is 1. The molecule has 0 saturated carbocycles. The van der Waals surface area contributed by atoms with Gasteiger partial charge < -0.3 is 10.6 Å². The number of hydrogen-bond acceptors (Lipinski definition) is 2. The van der Waals surface area contributed by atoms with E-state index in [-0.39, 0.29) is 5.41 Å². The van der Waals surface area contributed by atoms with Gasteiger partial charge in [-0.1, -0.05) is 55.0 Å². The minimum absolute atomic E-state index is 0.0395. The Hall–Kier alpha value is -1.80. The number of rotatable bonds is 6. The minimum atomic E-state index is -0.0395. The van der Waals surface area contributed by atoms with Gasteiger partial charge in [-0.15, -0.1) is 0 Å². The molecular formula is C19H26N2. The first-order chi connectivity index (χ1) is 10.1. The molecule has 0 amide bonds. The Bertz CT molecular complexity index is 548. The van der Waals surface area contributed by atoms with Gasteiger partial charge in [0, 0.05) is 30.7 Å². The summed E-state index contributed by atoms with van der Waals surface area (Å²) in [5.41, 5.74) is 9.94. The Morgan fingerprint density at radius 2 is 1.62 bits per heavy atom. The van der Waals surface area contributed by atoms with E-state index >= 15 is 0 Å². The lowest BCUT2D eigenvalue weighted by atomic mass is 9.82. The van der Waals surface area contributed by atoms with Crippen molar-refractivity contribution in [3.63, 3.8) is 0 Å². The summed E-state index contributed by atoms with van der Waals surface area (Å²) in [6.45, 7) is 9.10. The monoisotopic (exact) mass is 282 g/mol. The van der Waals surface area contributed by atoms with Crippen molar-refractivity contribution in [2.24, 2.45) is 5.73 Å². The molecule has 0 bridgehead atoms. The van der Waals surface area contributed by atoms with Crippen LogP contribution in [0.3, 0.4) is 0 Å². The third-order valence-corrected chi connectivity index (χ3v) is 4.24. The molecule has 2 heteroatoms. The first-order valence-electron chi connectivity index (χ1n) is 7.66. The van der Waals surface area contributed by atoms with Crippen LogP contribution in [-0.4, -0.2) is 19.6 Å². The van der Waals surface area contributed by atoms with Gasteiger partial charge in [-0.05, 0) is 31.5 Å². The maximum absolute atomic E-state index is 6.12. The fraction of sp³-hybridized carbons (Fsp3) is 0.368. The van der Waals surface area contributed by atoms with Gasteiger partial charge in [0.25, 0.3) is 0 Å². The molecule has 0 fully saturated rings. The fourth-order valence-electron chi connectivity index (χ4n) is 2.68. The van der Waals surface area contributed by atoms with Crippen molar-refractivity contribution in [1.29, 1.82) is 0 Å². The van der Waals surface area contributed by atoms with Crippen molar-refractivity contribution in [3.8, 4) is 0 Å². The van der Waals surface area contributed by atoms with Crippen LogP contribution in [0.25, 0.3) is 0 Å². The van der Waals surface area contributed by atoms with Gasteiger partial charge in [0.1, 0.15) is 0 Å². The Balaban J connectivity index is 2.25. The van der Waals surface area contributed by atoms with E-state index in [9.17, 15) is 0 Å². The molecule has 0 aliphatic rings. The Morgan fingerprint density at radius 1 is 1.00 bits per heavy atom. The SMILES string of the molecule is CCN(CC(C)(CN)c1ccccc1)c1ccc(C)cc1. The zero-order valence-electron chi connectivity index (χ0n) is 13.3. The highest BCUT2D eigenvalue weighted by molar-refractivity contribution is 5.48. The summed E-state index contributed by atoms with van der Waals surface area (Å²) in [5.74, 6) is 0. The molecule has 2 N–H and O–H groups in total. The lowest BCUT2D eigenvalue weighted by Crippen LogP contribution is -2.44. The average molecular weight is 282 g/mol. The van der Waals surface area contributed by atoms with Crippen molar-refractivity contribution in [1.82, 2.24) is 0 Å². The standard InChI is InChI=1S/C19H26N2/c1-4-21(18-12-10-16(2)11-13-18)15-19(3,14-20)17-8-6-5-7-9-17/h5-13H,4,14-15,20H2,1-3H3. The van der Waals surface area contributed by atoms with Crippen LogP contribution in [0.2, 0.25) is 0 Å². The quantitative estimate of drug-likeness (QED) is 0.874. The van der Waals surface area contributed by atoms with Crippen LogP contribution in [0.15, 0.2) is 54.6 Å². The second kappa shape index (κ2) is 6.77. The van der Waals surface area contributed by atoms with Crippen molar-refractivity contribution in [2.75, 3.05) is 24.5 Å². The predicted octanol–water partition coefficient (Wildman–Crippen LogP) is 3.74. The van der Waals surface area contributed by atoms with Gasteiger partial charge >= 0.3 is 0 Å². The third-order valence-electron chi connectivity index (χ3n) is 4.24. The van der Waals surface area contributed by atoms with E-state index in [1.165, 1.54) is 16.8 Å². The topological polar surface area (TPSA) is 29.3 Å². The molecule has 112 valence electrons. The van der Waals surface area contributed by atoms with Gasteiger partial charge in [-0.25, -0.2) is 0 Å². The summed E-state index contributed by atoms with van der Waals surface area (Å²) in [4.78, 5) is 2.40. The van der Waals surface area contributed by atoms with Gasteiger partial charge in [-0.3, -0.25) is 0 Å². The van der Waals surface area contributed by atoms with Crippen LogP contribution >= 0.6 is 0 Å². The summed E-state index contributed by atoms with van der Waals surface area (Å²) in [6.07, 6.45) is 0. The summed E-state index contributed by atoms with van der Waals surface area (Å²) < 4.78 is 0. The predicted molar refractivity (Wildman–Crippen MR) is 91.9 cm³/mol. The van der Waals surface area contributed by atoms with Gasteiger partial charge in [0.05, 0.1) is 0 Å². The van der Waals surface area contributed by atoms with Crippen LogP contribution in [0.5, 0.6) is 0 Å². The van der Waals surface area contributed by atoms with Crippen LogP contribution < -0.4 is 10.6 Å². The van der Waals surface area contributed by atoms with Crippen molar-refractivity contribution in [3.05, 3.63) is 65.7 Å². The Labute approximate surface area is 128 Å². The van der Waals surface area contributed by atoms with Crippen LogP contribution in [0.4, 0.5) is 5.69 Å². The summed E-state index contributed by atoms with van der Waals surface area (Å²) >= 11 is 0. The van der Waals surface area contributed by atoms with E-state index in [0.29, 0.717) is 6.54 Å². The maximum Gasteiger partial charge on any atom is 0.0366 e. The third kappa shape index (κ3) is 3.64. The largest absolute Gasteiger partial charge is 0.371 e. The van der Waals surface area contributed by atoms with E-state index in [1.54, 1.807) is 0 Å². The number of hydrogen-bond donors (Lipinski definition) is 1. The molecule has 0 saturated heterocycles. The lowest BCUT2D eigenvalue weighted by Gasteiger charge is -2.36. The second-order valence-corrected chi connectivity index (χ2v) is 5.98. The molecule has 2 aromatic rings. The summed E-state index contributed by atoms with van der Waals surface area (Å²) in [5, 5.41) is 0. The van der Waals surface area contributed by atoms with Crippen molar-refractivity contribution in [2.45, 2.75) is 26.2 Å². The fourth-order valence-corrected chi connectivity index (χ4v) is 2.68. The molecule has 0 radical (unpaired) electrons. The molecular weight excluding hydrogens is 256 g/mol. The smallest absolute Gasteiger partial charge is 0.0366 e.